The van der Waals surface area contributed by atoms with E-state index in [1.165, 1.54) is 6.07 Å². The van der Waals surface area contributed by atoms with Crippen LogP contribution >= 0.6 is 11.3 Å². The number of H-pyrrole nitrogens is 1. The summed E-state index contributed by atoms with van der Waals surface area (Å²) in [5, 5.41) is 27.1. The van der Waals surface area contributed by atoms with E-state index in [4.69, 9.17) is 0 Å². The molecule has 0 fully saturated rings. The fraction of sp³-hybridized carbons (Fsp3) is 0.150. The molecule has 2 heterocycles. The Morgan fingerprint density at radius 1 is 1.08 bits per heavy atom. The number of thiazole rings is 1. The topological polar surface area (TPSA) is 81.2 Å². The Morgan fingerprint density at radius 3 is 2.62 bits per heavy atom. The molecule has 4 aromatic rings. The number of phenolic OH excluding ortho intramolecular Hbond substituents is 2. The highest BCUT2D eigenvalue weighted by Gasteiger charge is 2.22. The van der Waals surface area contributed by atoms with Crippen molar-refractivity contribution in [1.29, 1.82) is 0 Å². The van der Waals surface area contributed by atoms with E-state index >= 15 is 0 Å². The number of phenols is 2. The van der Waals surface area contributed by atoms with E-state index < -0.39 is 0 Å². The number of aromatic amines is 1. The number of para-hydroxylation sites is 1. The quantitative estimate of drug-likeness (QED) is 0.390. The molecule has 6 heteroatoms. The molecule has 132 valence electrons. The largest absolute Gasteiger partial charge is 0.504 e. The van der Waals surface area contributed by atoms with Crippen LogP contribution in [0.4, 0.5) is 5.13 Å². The average molecular weight is 365 g/mol. The average Bonchev–Trinajstić information content (AvgIpc) is 3.17. The third kappa shape index (κ3) is 2.88. The molecule has 4 rings (SSSR count). The van der Waals surface area contributed by atoms with Gasteiger partial charge in [-0.05, 0) is 37.6 Å². The zero-order valence-electron chi connectivity index (χ0n) is 14.4. The molecule has 0 radical (unpaired) electrons. The molecule has 0 aliphatic carbocycles. The summed E-state index contributed by atoms with van der Waals surface area (Å²) in [6.45, 7) is 4.00. The lowest BCUT2D eigenvalue weighted by atomic mass is 9.96. The molecule has 1 unspecified atom stereocenters. The van der Waals surface area contributed by atoms with Crippen molar-refractivity contribution in [3.63, 3.8) is 0 Å². The van der Waals surface area contributed by atoms with Crippen LogP contribution in [0.2, 0.25) is 0 Å². The van der Waals surface area contributed by atoms with Crippen molar-refractivity contribution in [3.8, 4) is 11.5 Å². The fourth-order valence-electron chi connectivity index (χ4n) is 3.26. The first kappa shape index (κ1) is 16.5. The Morgan fingerprint density at radius 2 is 1.88 bits per heavy atom. The Hall–Kier alpha value is -2.99. The second-order valence-corrected chi connectivity index (χ2v) is 7.19. The van der Waals surface area contributed by atoms with Crippen LogP contribution in [0, 0.1) is 13.8 Å². The lowest BCUT2D eigenvalue weighted by Gasteiger charge is -2.20. The van der Waals surface area contributed by atoms with E-state index in [1.54, 1.807) is 17.4 Å². The minimum Gasteiger partial charge on any atom is -0.504 e. The zero-order valence-corrected chi connectivity index (χ0v) is 15.3. The smallest absolute Gasteiger partial charge is 0.183 e. The van der Waals surface area contributed by atoms with Gasteiger partial charge in [0.1, 0.15) is 0 Å². The van der Waals surface area contributed by atoms with Crippen molar-refractivity contribution in [2.75, 3.05) is 5.32 Å². The van der Waals surface area contributed by atoms with Gasteiger partial charge in [-0.3, -0.25) is 0 Å². The Balaban J connectivity index is 1.89. The number of nitrogens with one attached hydrogen (secondary N) is 2. The molecule has 1 atom stereocenters. The minimum atomic E-state index is -0.219. The van der Waals surface area contributed by atoms with Gasteiger partial charge in [0.05, 0.1) is 11.7 Å². The van der Waals surface area contributed by atoms with E-state index in [2.05, 4.69) is 21.4 Å². The van der Waals surface area contributed by atoms with Crippen LogP contribution in [0.1, 0.15) is 28.6 Å². The first-order chi connectivity index (χ1) is 12.5. The molecule has 0 saturated heterocycles. The number of anilines is 1. The van der Waals surface area contributed by atoms with Crippen LogP contribution in [0.5, 0.6) is 11.5 Å². The fourth-order valence-corrected chi connectivity index (χ4v) is 3.97. The summed E-state index contributed by atoms with van der Waals surface area (Å²) < 4.78 is 0. The maximum Gasteiger partial charge on any atom is 0.183 e. The SMILES string of the molecule is Cc1csc(NC(c2ccc(O)c(O)c2)c2c(C)[nH]c3ccccc23)n1. The highest BCUT2D eigenvalue weighted by atomic mass is 32.1. The molecule has 0 aliphatic rings. The molecule has 26 heavy (non-hydrogen) atoms. The van der Waals surface area contributed by atoms with Crippen molar-refractivity contribution in [2.24, 2.45) is 0 Å². The normalized spacial score (nSPS) is 12.4. The highest BCUT2D eigenvalue weighted by Crippen LogP contribution is 2.37. The summed E-state index contributed by atoms with van der Waals surface area (Å²) in [5.41, 5.74) is 5.01. The number of hydrogen-bond acceptors (Lipinski definition) is 5. The van der Waals surface area contributed by atoms with Gasteiger partial charge in [0, 0.05) is 27.5 Å². The number of hydrogen-bond donors (Lipinski definition) is 4. The predicted octanol–water partition coefficient (Wildman–Crippen LogP) is 4.85. The van der Waals surface area contributed by atoms with Gasteiger partial charge in [-0.1, -0.05) is 24.3 Å². The van der Waals surface area contributed by atoms with Crippen LogP contribution < -0.4 is 5.32 Å². The third-order valence-electron chi connectivity index (χ3n) is 4.45. The third-order valence-corrected chi connectivity index (χ3v) is 5.34. The number of aromatic hydroxyl groups is 2. The second kappa shape index (κ2) is 6.38. The second-order valence-electron chi connectivity index (χ2n) is 6.33. The number of rotatable bonds is 4. The van der Waals surface area contributed by atoms with Gasteiger partial charge in [0.2, 0.25) is 0 Å². The van der Waals surface area contributed by atoms with Gasteiger partial charge < -0.3 is 20.5 Å². The molecule has 0 aliphatic heterocycles. The lowest BCUT2D eigenvalue weighted by Crippen LogP contribution is -2.13. The molecule has 0 saturated carbocycles. The van der Waals surface area contributed by atoms with E-state index in [9.17, 15) is 10.2 Å². The predicted molar refractivity (Wildman–Crippen MR) is 105 cm³/mol. The summed E-state index contributed by atoms with van der Waals surface area (Å²) in [7, 11) is 0. The summed E-state index contributed by atoms with van der Waals surface area (Å²) in [6.07, 6.45) is 0. The standard InChI is InChI=1S/C20H19N3O2S/c1-11-10-26-20(21-11)23-19(13-7-8-16(24)17(25)9-13)18-12(2)22-15-6-4-3-5-14(15)18/h3-10,19,22,24-25H,1-2H3,(H,21,23). The van der Waals surface area contributed by atoms with Crippen LogP contribution in [0.3, 0.4) is 0 Å². The number of benzene rings is 2. The number of aryl methyl sites for hydroxylation is 2. The van der Waals surface area contributed by atoms with E-state index in [1.807, 2.05) is 43.5 Å². The monoisotopic (exact) mass is 365 g/mol. The minimum absolute atomic E-state index is 0.131. The van der Waals surface area contributed by atoms with Crippen molar-refractivity contribution < 1.29 is 10.2 Å². The lowest BCUT2D eigenvalue weighted by molar-refractivity contribution is 0.403. The molecule has 0 amide bonds. The van der Waals surface area contributed by atoms with Gasteiger partial charge in [0.25, 0.3) is 0 Å². The van der Waals surface area contributed by atoms with Crippen molar-refractivity contribution >= 4 is 27.4 Å². The van der Waals surface area contributed by atoms with Crippen molar-refractivity contribution in [2.45, 2.75) is 19.9 Å². The van der Waals surface area contributed by atoms with E-state index in [0.29, 0.717) is 0 Å². The summed E-state index contributed by atoms with van der Waals surface area (Å²) in [6, 6.07) is 12.8. The summed E-state index contributed by atoms with van der Waals surface area (Å²) >= 11 is 1.54. The van der Waals surface area contributed by atoms with Gasteiger partial charge in [-0.25, -0.2) is 4.98 Å². The summed E-state index contributed by atoms with van der Waals surface area (Å²) in [4.78, 5) is 7.95. The van der Waals surface area contributed by atoms with Crippen molar-refractivity contribution in [1.82, 2.24) is 9.97 Å². The van der Waals surface area contributed by atoms with Gasteiger partial charge in [-0.2, -0.15) is 0 Å². The van der Waals surface area contributed by atoms with Crippen LogP contribution in [-0.2, 0) is 0 Å². The first-order valence-corrected chi connectivity index (χ1v) is 9.18. The molecule has 4 N–H and O–H groups in total. The van der Waals surface area contributed by atoms with Crippen molar-refractivity contribution in [3.05, 3.63) is 70.4 Å². The van der Waals surface area contributed by atoms with Crippen LogP contribution in [0.25, 0.3) is 10.9 Å². The molecule has 2 aromatic carbocycles. The van der Waals surface area contributed by atoms with E-state index in [-0.39, 0.29) is 17.5 Å². The number of fused-ring (bicyclic) bond motifs is 1. The van der Waals surface area contributed by atoms with Gasteiger partial charge >= 0.3 is 0 Å². The maximum absolute atomic E-state index is 10.0. The number of nitrogens with zero attached hydrogens (tertiary/aromatic N) is 1. The van der Waals surface area contributed by atoms with Gasteiger partial charge in [0.15, 0.2) is 16.6 Å². The van der Waals surface area contributed by atoms with Crippen LogP contribution in [0.15, 0.2) is 47.8 Å². The maximum atomic E-state index is 10.0. The molecular formula is C20H19N3O2S. The molecular weight excluding hydrogens is 346 g/mol. The Labute approximate surface area is 155 Å². The first-order valence-electron chi connectivity index (χ1n) is 8.30. The zero-order chi connectivity index (χ0) is 18.3. The highest BCUT2D eigenvalue weighted by molar-refractivity contribution is 7.13. The molecule has 5 nitrogen and oxygen atoms in total. The van der Waals surface area contributed by atoms with E-state index in [0.717, 1.165) is 38.5 Å². The molecule has 2 aromatic heterocycles. The molecule has 0 spiro atoms. The van der Waals surface area contributed by atoms with Crippen LogP contribution in [-0.4, -0.2) is 20.2 Å². The molecule has 0 bridgehead atoms. The summed E-state index contributed by atoms with van der Waals surface area (Å²) in [5.74, 6) is -0.268. The number of aromatic nitrogens is 2. The van der Waals surface area contributed by atoms with Gasteiger partial charge in [-0.15, -0.1) is 11.3 Å². The Bertz CT molecular complexity index is 1080. The Kier molecular flexibility index (Phi) is 4.05.